The maximum atomic E-state index is 12.0. The largest absolute Gasteiger partial charge is 0.352 e. The zero-order valence-electron chi connectivity index (χ0n) is 11.7. The second-order valence-corrected chi connectivity index (χ2v) is 9.44. The SMILES string of the molecule is Cl.NCC1CCCC1NC(=O)CNS(=O)(=O)c1ccc(Br)s1. The molecule has 0 spiro atoms. The molecule has 1 aromatic rings. The molecule has 1 aliphatic carbocycles. The third-order valence-electron chi connectivity index (χ3n) is 3.54. The number of nitrogens with two attached hydrogens (primary N) is 1. The zero-order chi connectivity index (χ0) is 15.5. The lowest BCUT2D eigenvalue weighted by Gasteiger charge is -2.19. The van der Waals surface area contributed by atoms with Crippen molar-refractivity contribution in [2.24, 2.45) is 11.7 Å². The van der Waals surface area contributed by atoms with Gasteiger partial charge in [0.25, 0.3) is 10.0 Å². The van der Waals surface area contributed by atoms with Crippen LogP contribution in [0.2, 0.25) is 0 Å². The second-order valence-electron chi connectivity index (χ2n) is 4.98. The summed E-state index contributed by atoms with van der Waals surface area (Å²) in [4.78, 5) is 11.9. The van der Waals surface area contributed by atoms with Crippen molar-refractivity contribution in [3.05, 3.63) is 15.9 Å². The van der Waals surface area contributed by atoms with Gasteiger partial charge in [-0.3, -0.25) is 4.79 Å². The minimum absolute atomic E-state index is 0. The molecule has 0 bridgehead atoms. The highest BCUT2D eigenvalue weighted by Crippen LogP contribution is 2.26. The lowest BCUT2D eigenvalue weighted by Crippen LogP contribution is -2.44. The lowest BCUT2D eigenvalue weighted by molar-refractivity contribution is -0.120. The first-order valence-corrected chi connectivity index (χ1v) is 9.76. The number of hydrogen-bond acceptors (Lipinski definition) is 5. The van der Waals surface area contributed by atoms with Gasteiger partial charge in [-0.25, -0.2) is 13.1 Å². The molecule has 1 aromatic heterocycles. The number of halogens is 2. The Morgan fingerprint density at radius 2 is 2.14 bits per heavy atom. The molecule has 22 heavy (non-hydrogen) atoms. The first-order valence-electron chi connectivity index (χ1n) is 6.67. The van der Waals surface area contributed by atoms with Crippen LogP contribution in [0.3, 0.4) is 0 Å². The summed E-state index contributed by atoms with van der Waals surface area (Å²) < 4.78 is 27.2. The molecule has 126 valence electrons. The minimum atomic E-state index is -3.63. The van der Waals surface area contributed by atoms with Crippen molar-refractivity contribution in [2.75, 3.05) is 13.1 Å². The van der Waals surface area contributed by atoms with Gasteiger partial charge in [-0.05, 0) is 53.4 Å². The number of hydrogen-bond donors (Lipinski definition) is 3. The summed E-state index contributed by atoms with van der Waals surface area (Å²) in [5, 5.41) is 2.86. The molecule has 6 nitrogen and oxygen atoms in total. The third-order valence-corrected chi connectivity index (χ3v) is 7.06. The maximum absolute atomic E-state index is 12.0. The van der Waals surface area contributed by atoms with Gasteiger partial charge >= 0.3 is 0 Å². The van der Waals surface area contributed by atoms with Crippen LogP contribution in [0.4, 0.5) is 0 Å². The van der Waals surface area contributed by atoms with Crippen LogP contribution in [0.5, 0.6) is 0 Å². The Balaban J connectivity index is 0.00000242. The van der Waals surface area contributed by atoms with E-state index in [1.54, 1.807) is 6.07 Å². The van der Waals surface area contributed by atoms with E-state index < -0.39 is 10.0 Å². The van der Waals surface area contributed by atoms with E-state index in [1.807, 2.05) is 0 Å². The number of rotatable bonds is 6. The summed E-state index contributed by atoms with van der Waals surface area (Å²) in [6.07, 6.45) is 2.95. The molecule has 10 heteroatoms. The number of nitrogens with one attached hydrogen (secondary N) is 2. The topological polar surface area (TPSA) is 101 Å². The molecule has 2 rings (SSSR count). The van der Waals surface area contributed by atoms with Gasteiger partial charge in [-0.2, -0.15) is 0 Å². The summed E-state index contributed by atoms with van der Waals surface area (Å²) in [7, 11) is -3.63. The van der Waals surface area contributed by atoms with Crippen LogP contribution in [0.15, 0.2) is 20.1 Å². The molecule has 0 saturated heterocycles. The van der Waals surface area contributed by atoms with E-state index in [0.29, 0.717) is 12.5 Å². The Hall–Kier alpha value is -0.190. The first kappa shape index (κ1) is 19.9. The first-order chi connectivity index (χ1) is 9.92. The van der Waals surface area contributed by atoms with E-state index in [2.05, 4.69) is 26.0 Å². The highest BCUT2D eigenvalue weighted by molar-refractivity contribution is 9.11. The number of carbonyl (C=O) groups excluding carboxylic acids is 1. The van der Waals surface area contributed by atoms with E-state index >= 15 is 0 Å². The molecular weight excluding hydrogens is 414 g/mol. The number of thiophene rings is 1. The summed E-state index contributed by atoms with van der Waals surface area (Å²) in [5.41, 5.74) is 5.66. The fraction of sp³-hybridized carbons (Fsp3) is 0.583. The van der Waals surface area contributed by atoms with E-state index in [9.17, 15) is 13.2 Å². The predicted molar refractivity (Wildman–Crippen MR) is 92.8 cm³/mol. The molecule has 1 fully saturated rings. The van der Waals surface area contributed by atoms with Crippen molar-refractivity contribution in [1.82, 2.24) is 10.0 Å². The quantitative estimate of drug-likeness (QED) is 0.633. The summed E-state index contributed by atoms with van der Waals surface area (Å²) >= 11 is 4.31. The van der Waals surface area contributed by atoms with Gasteiger partial charge in [0.15, 0.2) is 0 Å². The van der Waals surface area contributed by atoms with Crippen molar-refractivity contribution in [1.29, 1.82) is 0 Å². The minimum Gasteiger partial charge on any atom is -0.352 e. The highest BCUT2D eigenvalue weighted by Gasteiger charge is 2.27. The summed E-state index contributed by atoms with van der Waals surface area (Å²) in [6.45, 7) is 0.283. The van der Waals surface area contributed by atoms with E-state index in [4.69, 9.17) is 5.73 Å². The zero-order valence-corrected chi connectivity index (χ0v) is 15.8. The fourth-order valence-corrected chi connectivity index (χ4v) is 5.48. The van der Waals surface area contributed by atoms with Crippen LogP contribution in [-0.2, 0) is 14.8 Å². The monoisotopic (exact) mass is 431 g/mol. The van der Waals surface area contributed by atoms with E-state index in [0.717, 1.165) is 34.4 Å². The molecule has 1 aliphatic rings. The van der Waals surface area contributed by atoms with Crippen molar-refractivity contribution in [3.63, 3.8) is 0 Å². The van der Waals surface area contributed by atoms with E-state index in [1.165, 1.54) is 6.07 Å². The molecule has 0 aliphatic heterocycles. The van der Waals surface area contributed by atoms with Crippen LogP contribution in [0.1, 0.15) is 19.3 Å². The van der Waals surface area contributed by atoms with Gasteiger partial charge in [0, 0.05) is 6.04 Å². The molecule has 0 radical (unpaired) electrons. The Bertz CT molecular complexity index is 609. The van der Waals surface area contributed by atoms with Crippen molar-refractivity contribution in [2.45, 2.75) is 29.5 Å². The molecule has 4 N–H and O–H groups in total. The van der Waals surface area contributed by atoms with Gasteiger partial charge in [0.1, 0.15) is 4.21 Å². The van der Waals surface area contributed by atoms with E-state index in [-0.39, 0.29) is 35.1 Å². The standard InChI is InChI=1S/C12H18BrN3O3S2.ClH/c13-10-4-5-12(20-10)21(18,19)15-7-11(17)16-9-3-1-2-8(9)6-14;/h4-5,8-9,15H,1-3,6-7,14H2,(H,16,17);1H. The fourth-order valence-electron chi connectivity index (χ4n) is 2.44. The summed E-state index contributed by atoms with van der Waals surface area (Å²) in [5.74, 6) is -0.0293. The van der Waals surface area contributed by atoms with Gasteiger partial charge in [0.2, 0.25) is 5.91 Å². The molecular formula is C12H19BrClN3O3S2. The van der Waals surface area contributed by atoms with Crippen LogP contribution < -0.4 is 15.8 Å². The van der Waals surface area contributed by atoms with Gasteiger partial charge in [-0.15, -0.1) is 23.7 Å². The number of carbonyl (C=O) groups is 1. The van der Waals surface area contributed by atoms with Gasteiger partial charge < -0.3 is 11.1 Å². The van der Waals surface area contributed by atoms with Gasteiger partial charge in [0.05, 0.1) is 10.3 Å². The van der Waals surface area contributed by atoms with Crippen LogP contribution in [-0.4, -0.2) is 33.5 Å². The third kappa shape index (κ3) is 5.17. The number of amides is 1. The molecule has 0 aromatic carbocycles. The predicted octanol–water partition coefficient (Wildman–Crippen LogP) is 1.45. The Kier molecular flexibility index (Phi) is 7.76. The van der Waals surface area contributed by atoms with Crippen molar-refractivity contribution >= 4 is 55.6 Å². The average molecular weight is 433 g/mol. The highest BCUT2D eigenvalue weighted by atomic mass is 79.9. The molecule has 1 heterocycles. The smallest absolute Gasteiger partial charge is 0.250 e. The molecule has 2 atom stereocenters. The van der Waals surface area contributed by atoms with Crippen LogP contribution in [0.25, 0.3) is 0 Å². The maximum Gasteiger partial charge on any atom is 0.250 e. The number of sulfonamides is 1. The summed E-state index contributed by atoms with van der Waals surface area (Å²) in [6, 6.07) is 3.21. The normalized spacial score (nSPS) is 21.4. The molecule has 1 saturated carbocycles. The lowest BCUT2D eigenvalue weighted by atomic mass is 10.0. The molecule has 1 amide bonds. The Morgan fingerprint density at radius 3 is 2.73 bits per heavy atom. The second kappa shape index (κ2) is 8.60. The van der Waals surface area contributed by atoms with Crippen LogP contribution in [0, 0.1) is 5.92 Å². The van der Waals surface area contributed by atoms with Gasteiger partial charge in [-0.1, -0.05) is 6.42 Å². The Morgan fingerprint density at radius 1 is 1.41 bits per heavy atom. The van der Waals surface area contributed by atoms with Crippen molar-refractivity contribution in [3.8, 4) is 0 Å². The Labute approximate surface area is 148 Å². The van der Waals surface area contributed by atoms with Crippen LogP contribution >= 0.6 is 39.7 Å². The average Bonchev–Trinajstić information content (AvgIpc) is 3.05. The van der Waals surface area contributed by atoms with Crippen molar-refractivity contribution < 1.29 is 13.2 Å². The molecule has 2 unspecified atom stereocenters.